The Kier molecular flexibility index (Phi) is 10.0. The second-order valence-corrected chi connectivity index (χ2v) is 13.3. The van der Waals surface area contributed by atoms with Crippen molar-refractivity contribution in [3.63, 3.8) is 0 Å². The monoisotopic (exact) mass is 585 g/mol. The van der Waals surface area contributed by atoms with Gasteiger partial charge in [-0.2, -0.15) is 0 Å². The van der Waals surface area contributed by atoms with Gasteiger partial charge in [0.05, 0.1) is 17.0 Å². The largest absolute Gasteiger partial charge is 0.444 e. The molecule has 234 valence electrons. The van der Waals surface area contributed by atoms with Crippen LogP contribution in [0.4, 0.5) is 4.79 Å². The average Bonchev–Trinajstić information content (AvgIpc) is 2.93. The molecular weight excluding hydrogens is 534 g/mol. The Hall–Kier alpha value is -2.95. The maximum atomic E-state index is 13.3. The summed E-state index contributed by atoms with van der Waals surface area (Å²) in [7, 11) is 0. The normalized spacial score (nSPS) is 22.7. The summed E-state index contributed by atoms with van der Waals surface area (Å²) >= 11 is 0. The lowest BCUT2D eigenvalue weighted by molar-refractivity contribution is -0.00395. The molecule has 4 rings (SSSR count). The van der Waals surface area contributed by atoms with Gasteiger partial charge in [-0.15, -0.1) is 0 Å². The van der Waals surface area contributed by atoms with Crippen LogP contribution in [0, 0.1) is 19.8 Å². The minimum Gasteiger partial charge on any atom is -0.444 e. The second kappa shape index (κ2) is 13.1. The van der Waals surface area contributed by atoms with Crippen molar-refractivity contribution in [3.05, 3.63) is 23.3 Å². The highest BCUT2D eigenvalue weighted by Crippen LogP contribution is 2.33. The number of aryl methyl sites for hydroxylation is 2. The number of piperazine rings is 1. The summed E-state index contributed by atoms with van der Waals surface area (Å²) in [5.41, 5.74) is 1.66. The van der Waals surface area contributed by atoms with Crippen molar-refractivity contribution < 1.29 is 19.2 Å². The van der Waals surface area contributed by atoms with Crippen molar-refractivity contribution in [2.75, 3.05) is 52.4 Å². The second-order valence-electron chi connectivity index (χ2n) is 13.3. The molecule has 1 aromatic heterocycles. The molecule has 3 aliphatic heterocycles. The molecule has 1 aromatic rings. The number of hydrogen-bond donors (Lipinski definition) is 0. The molecule has 0 spiro atoms. The van der Waals surface area contributed by atoms with Crippen LogP contribution in [-0.4, -0.2) is 117 Å². The van der Waals surface area contributed by atoms with Crippen molar-refractivity contribution in [1.82, 2.24) is 29.6 Å². The number of carbonyl (C=O) groups excluding carboxylic acids is 2. The van der Waals surface area contributed by atoms with Gasteiger partial charge in [0.15, 0.2) is 0 Å². The molecule has 0 radical (unpaired) electrons. The van der Waals surface area contributed by atoms with Gasteiger partial charge in [0, 0.05) is 63.3 Å². The van der Waals surface area contributed by atoms with Gasteiger partial charge < -0.3 is 24.3 Å². The Morgan fingerprint density at radius 2 is 1.62 bits per heavy atom. The highest BCUT2D eigenvalue weighted by molar-refractivity contribution is 5.96. The molecule has 2 amide bonds. The van der Waals surface area contributed by atoms with E-state index < -0.39 is 5.60 Å². The summed E-state index contributed by atoms with van der Waals surface area (Å²) in [6.07, 6.45) is 4.82. The molecule has 0 aromatic carbocycles. The SMILES string of the molecule is CCON=C(C1CCN(C(=O)OC(C)(C)C)CC1)N1CCN(C2(C)CCN(C(=O)c3c(C)ncnc3C)CC2)C[C@@H]1C. The molecule has 3 saturated heterocycles. The first kappa shape index (κ1) is 32.0. The van der Waals surface area contributed by atoms with Crippen LogP contribution in [-0.2, 0) is 9.57 Å². The van der Waals surface area contributed by atoms with E-state index in [1.807, 2.05) is 51.3 Å². The highest BCUT2D eigenvalue weighted by atomic mass is 16.6. The standard InChI is InChI=1S/C31H51N7O4/c1-9-41-34-27(25-10-14-36(15-11-25)29(40)42-30(5,6)7)38-19-18-37(20-22(38)2)31(8)12-16-35(17-13-31)28(39)26-23(3)32-21-33-24(26)4/h21-22,25H,9-20H2,1-8H3/t22-/m0/s1. The Morgan fingerprint density at radius 1 is 1.00 bits per heavy atom. The Bertz CT molecular complexity index is 1110. The summed E-state index contributed by atoms with van der Waals surface area (Å²) in [5.74, 6) is 1.29. The maximum absolute atomic E-state index is 13.3. The van der Waals surface area contributed by atoms with Crippen LogP contribution in [0.2, 0.25) is 0 Å². The number of aromatic nitrogens is 2. The van der Waals surface area contributed by atoms with Crippen molar-refractivity contribution in [1.29, 1.82) is 0 Å². The minimum atomic E-state index is -0.498. The number of oxime groups is 1. The molecule has 1 atom stereocenters. The smallest absolute Gasteiger partial charge is 0.410 e. The van der Waals surface area contributed by atoms with Gasteiger partial charge in [-0.05, 0) is 81.1 Å². The van der Waals surface area contributed by atoms with Crippen LogP contribution < -0.4 is 0 Å². The van der Waals surface area contributed by atoms with Crippen molar-refractivity contribution >= 4 is 17.8 Å². The molecular formula is C31H51N7O4. The fourth-order valence-corrected chi connectivity index (χ4v) is 6.50. The van der Waals surface area contributed by atoms with E-state index in [0.717, 1.165) is 75.6 Å². The van der Waals surface area contributed by atoms with Gasteiger partial charge in [-0.3, -0.25) is 9.69 Å². The number of nitrogens with zero attached hydrogens (tertiary/aromatic N) is 7. The quantitative estimate of drug-likeness (QED) is 0.289. The number of amidine groups is 1. The summed E-state index contributed by atoms with van der Waals surface area (Å²) in [4.78, 5) is 48.9. The number of hydrogen-bond acceptors (Lipinski definition) is 8. The van der Waals surface area contributed by atoms with Crippen LogP contribution in [0.3, 0.4) is 0 Å². The van der Waals surface area contributed by atoms with Crippen molar-refractivity contribution in [2.45, 2.75) is 98.3 Å². The molecule has 0 N–H and O–H groups in total. The first-order valence-electron chi connectivity index (χ1n) is 15.6. The molecule has 3 fully saturated rings. The Balaban J connectivity index is 1.35. The molecule has 0 aliphatic carbocycles. The fourth-order valence-electron chi connectivity index (χ4n) is 6.50. The molecule has 3 aliphatic rings. The zero-order chi connectivity index (χ0) is 30.7. The van der Waals surface area contributed by atoms with E-state index in [1.165, 1.54) is 6.33 Å². The summed E-state index contributed by atoms with van der Waals surface area (Å²) in [5, 5.41) is 4.63. The molecule has 0 bridgehead atoms. The third-order valence-electron chi connectivity index (χ3n) is 9.05. The van der Waals surface area contributed by atoms with Crippen LogP contribution >= 0.6 is 0 Å². The van der Waals surface area contributed by atoms with Gasteiger partial charge in [-0.1, -0.05) is 5.16 Å². The van der Waals surface area contributed by atoms with Gasteiger partial charge in [0.1, 0.15) is 24.4 Å². The van der Waals surface area contributed by atoms with E-state index in [9.17, 15) is 9.59 Å². The van der Waals surface area contributed by atoms with Crippen molar-refractivity contribution in [2.24, 2.45) is 11.1 Å². The average molecular weight is 586 g/mol. The molecule has 0 unspecified atom stereocenters. The van der Waals surface area contributed by atoms with Gasteiger partial charge in [-0.25, -0.2) is 14.8 Å². The Morgan fingerprint density at radius 3 is 2.17 bits per heavy atom. The lowest BCUT2D eigenvalue weighted by Crippen LogP contribution is -2.63. The van der Waals surface area contributed by atoms with Crippen LogP contribution in [0.25, 0.3) is 0 Å². The van der Waals surface area contributed by atoms with Crippen LogP contribution in [0.5, 0.6) is 0 Å². The zero-order valence-electron chi connectivity index (χ0n) is 27.0. The summed E-state index contributed by atoms with van der Waals surface area (Å²) < 4.78 is 5.59. The molecule has 0 saturated carbocycles. The molecule has 4 heterocycles. The first-order chi connectivity index (χ1) is 19.8. The van der Waals surface area contributed by atoms with Gasteiger partial charge in [0.25, 0.3) is 5.91 Å². The fraction of sp³-hybridized carbons (Fsp3) is 0.774. The van der Waals surface area contributed by atoms with E-state index in [2.05, 4.69) is 38.8 Å². The van der Waals surface area contributed by atoms with Crippen LogP contribution in [0.1, 0.15) is 89.0 Å². The van der Waals surface area contributed by atoms with E-state index in [0.29, 0.717) is 25.3 Å². The van der Waals surface area contributed by atoms with E-state index >= 15 is 0 Å². The zero-order valence-corrected chi connectivity index (χ0v) is 27.0. The minimum absolute atomic E-state index is 0.0321. The summed E-state index contributed by atoms with van der Waals surface area (Å²) in [6.45, 7) is 22.0. The number of piperidine rings is 2. The third kappa shape index (κ3) is 7.33. The molecule has 11 nitrogen and oxygen atoms in total. The number of amides is 2. The number of likely N-dealkylation sites (tertiary alicyclic amines) is 2. The first-order valence-corrected chi connectivity index (χ1v) is 15.6. The highest BCUT2D eigenvalue weighted by Gasteiger charge is 2.42. The lowest BCUT2D eigenvalue weighted by atomic mass is 9.86. The van der Waals surface area contributed by atoms with Crippen LogP contribution in [0.15, 0.2) is 11.5 Å². The van der Waals surface area contributed by atoms with E-state index in [1.54, 1.807) is 0 Å². The number of ether oxygens (including phenoxy) is 1. The predicted molar refractivity (Wildman–Crippen MR) is 162 cm³/mol. The topological polar surface area (TPSA) is 104 Å². The summed E-state index contributed by atoms with van der Waals surface area (Å²) in [6, 6.07) is 0.269. The Labute approximate surface area is 251 Å². The maximum Gasteiger partial charge on any atom is 0.410 e. The third-order valence-corrected chi connectivity index (χ3v) is 9.05. The molecule has 42 heavy (non-hydrogen) atoms. The number of rotatable bonds is 5. The van der Waals surface area contributed by atoms with E-state index in [-0.39, 0.29) is 29.5 Å². The predicted octanol–water partition coefficient (Wildman–Crippen LogP) is 4.09. The number of carbonyl (C=O) groups is 2. The van der Waals surface area contributed by atoms with E-state index in [4.69, 9.17) is 9.57 Å². The van der Waals surface area contributed by atoms with Gasteiger partial charge >= 0.3 is 6.09 Å². The molecule has 11 heteroatoms. The lowest BCUT2D eigenvalue weighted by Gasteiger charge is -2.52. The van der Waals surface area contributed by atoms with Crippen molar-refractivity contribution in [3.8, 4) is 0 Å². The van der Waals surface area contributed by atoms with Gasteiger partial charge in [0.2, 0.25) is 0 Å².